The summed E-state index contributed by atoms with van der Waals surface area (Å²) in [7, 11) is 0. The van der Waals surface area contributed by atoms with Gasteiger partial charge in [0.15, 0.2) is 0 Å². The number of nitrogens with zero attached hydrogens (tertiary/aromatic N) is 3. The summed E-state index contributed by atoms with van der Waals surface area (Å²) in [6, 6.07) is 8.77. The first kappa shape index (κ1) is 18.9. The van der Waals surface area contributed by atoms with Crippen molar-refractivity contribution in [3.63, 3.8) is 0 Å². The van der Waals surface area contributed by atoms with E-state index in [0.717, 1.165) is 11.6 Å². The molecule has 0 radical (unpaired) electrons. The number of halogens is 4. The van der Waals surface area contributed by atoms with Crippen LogP contribution in [0.25, 0.3) is 0 Å². The maximum Gasteiger partial charge on any atom is 0.418 e. The maximum absolute atomic E-state index is 13.2. The second-order valence-corrected chi connectivity index (χ2v) is 6.18. The predicted molar refractivity (Wildman–Crippen MR) is 98.1 cm³/mol. The summed E-state index contributed by atoms with van der Waals surface area (Å²) in [4.78, 5) is 12.4. The highest BCUT2D eigenvalue weighted by Gasteiger charge is 2.34. The molecule has 0 saturated carbocycles. The summed E-state index contributed by atoms with van der Waals surface area (Å²) in [6.45, 7) is 2.19. The lowest BCUT2D eigenvalue weighted by molar-refractivity contribution is -0.136. The Balaban J connectivity index is 1.83. The highest BCUT2D eigenvalue weighted by Crippen LogP contribution is 2.37. The molecular weight excluding hydrogens is 379 g/mol. The molecule has 0 atom stereocenters. The smallest absolute Gasteiger partial charge is 0.350 e. The van der Waals surface area contributed by atoms with E-state index in [0.29, 0.717) is 18.2 Å². The van der Waals surface area contributed by atoms with E-state index in [1.807, 2.05) is 12.1 Å². The molecule has 3 aromatic rings. The quantitative estimate of drug-likeness (QED) is 0.623. The molecule has 2 N–H and O–H groups in total. The van der Waals surface area contributed by atoms with Crippen LogP contribution < -0.4 is 10.6 Å². The lowest BCUT2D eigenvalue weighted by Crippen LogP contribution is -2.10. The van der Waals surface area contributed by atoms with Crippen molar-refractivity contribution in [2.45, 2.75) is 19.6 Å². The van der Waals surface area contributed by atoms with Gasteiger partial charge in [-0.15, -0.1) is 0 Å². The average Bonchev–Trinajstić information content (AvgIpc) is 2.61. The van der Waals surface area contributed by atoms with Crippen LogP contribution >= 0.6 is 11.6 Å². The van der Waals surface area contributed by atoms with E-state index in [1.54, 1.807) is 25.4 Å². The largest absolute Gasteiger partial charge is 0.418 e. The van der Waals surface area contributed by atoms with Crippen LogP contribution in [0.4, 0.5) is 30.6 Å². The Morgan fingerprint density at radius 3 is 2.48 bits per heavy atom. The molecule has 0 aliphatic rings. The fraction of sp³-hybridized carbons (Fsp3) is 0.167. The molecule has 1 aromatic carbocycles. The van der Waals surface area contributed by atoms with Gasteiger partial charge in [0.1, 0.15) is 5.82 Å². The van der Waals surface area contributed by atoms with Crippen LogP contribution in [0.15, 0.2) is 48.8 Å². The van der Waals surface area contributed by atoms with Gasteiger partial charge in [-0.2, -0.15) is 18.2 Å². The first-order valence-electron chi connectivity index (χ1n) is 7.93. The van der Waals surface area contributed by atoms with E-state index in [4.69, 9.17) is 11.6 Å². The molecule has 0 bridgehead atoms. The Morgan fingerprint density at radius 2 is 1.78 bits per heavy atom. The van der Waals surface area contributed by atoms with Gasteiger partial charge in [0, 0.05) is 35.7 Å². The number of nitrogens with one attached hydrogen (secondary N) is 2. The third-order valence-corrected chi connectivity index (χ3v) is 3.84. The molecule has 5 nitrogen and oxygen atoms in total. The molecule has 9 heteroatoms. The summed E-state index contributed by atoms with van der Waals surface area (Å²) in [5.74, 6) is 0.546. The number of rotatable bonds is 5. The maximum atomic E-state index is 13.2. The molecule has 0 aliphatic carbocycles. The number of alkyl halides is 3. The van der Waals surface area contributed by atoms with Crippen LogP contribution in [0, 0.1) is 6.92 Å². The standard InChI is InChI=1S/C18H15ClF3N5/c1-11-8-16(26-15-3-2-13(19)9-14(15)18(20,21)22)27-17(25-11)24-10-12-4-6-23-7-5-12/h2-9H,10H2,1H3,(H2,24,25,26,27). The van der Waals surface area contributed by atoms with Gasteiger partial charge in [-0.3, -0.25) is 4.98 Å². The van der Waals surface area contributed by atoms with Gasteiger partial charge in [0.05, 0.1) is 11.3 Å². The van der Waals surface area contributed by atoms with E-state index in [9.17, 15) is 13.2 Å². The molecule has 3 rings (SSSR count). The van der Waals surface area contributed by atoms with Crippen LogP contribution in [-0.4, -0.2) is 15.0 Å². The molecule has 0 amide bonds. The predicted octanol–water partition coefficient (Wildman–Crippen LogP) is 5.21. The lowest BCUT2D eigenvalue weighted by atomic mass is 10.1. The van der Waals surface area contributed by atoms with Gasteiger partial charge >= 0.3 is 6.18 Å². The minimum absolute atomic E-state index is 0.00597. The lowest BCUT2D eigenvalue weighted by Gasteiger charge is -2.15. The van der Waals surface area contributed by atoms with Gasteiger partial charge in [-0.25, -0.2) is 4.98 Å². The van der Waals surface area contributed by atoms with Crippen molar-refractivity contribution in [3.8, 4) is 0 Å². The van der Waals surface area contributed by atoms with E-state index in [-0.39, 0.29) is 16.5 Å². The molecule has 0 fully saturated rings. The Kier molecular flexibility index (Phi) is 5.46. The minimum Gasteiger partial charge on any atom is -0.350 e. The summed E-state index contributed by atoms with van der Waals surface area (Å²) in [5.41, 5.74) is 0.580. The number of aryl methyl sites for hydroxylation is 1. The molecule has 140 valence electrons. The molecule has 0 saturated heterocycles. The Morgan fingerprint density at radius 1 is 1.04 bits per heavy atom. The third kappa shape index (κ3) is 5.07. The fourth-order valence-corrected chi connectivity index (χ4v) is 2.56. The zero-order chi connectivity index (χ0) is 19.4. The monoisotopic (exact) mass is 393 g/mol. The summed E-state index contributed by atoms with van der Waals surface area (Å²) < 4.78 is 39.7. The van der Waals surface area contributed by atoms with Crippen molar-refractivity contribution in [3.05, 3.63) is 70.6 Å². The van der Waals surface area contributed by atoms with Crippen LogP contribution in [0.1, 0.15) is 16.8 Å². The fourth-order valence-electron chi connectivity index (χ4n) is 2.39. The highest BCUT2D eigenvalue weighted by atomic mass is 35.5. The van der Waals surface area contributed by atoms with Crippen molar-refractivity contribution >= 4 is 29.1 Å². The van der Waals surface area contributed by atoms with Crippen LogP contribution in [-0.2, 0) is 12.7 Å². The summed E-state index contributed by atoms with van der Waals surface area (Å²) in [6.07, 6.45) is -1.21. The molecule has 0 unspecified atom stereocenters. The van der Waals surface area contributed by atoms with Crippen LogP contribution in [0.2, 0.25) is 5.02 Å². The topological polar surface area (TPSA) is 62.7 Å². The SMILES string of the molecule is Cc1cc(Nc2ccc(Cl)cc2C(F)(F)F)nc(NCc2ccncc2)n1. The van der Waals surface area contributed by atoms with Crippen LogP contribution in [0.3, 0.4) is 0 Å². The van der Waals surface area contributed by atoms with E-state index >= 15 is 0 Å². The van der Waals surface area contributed by atoms with E-state index < -0.39 is 11.7 Å². The zero-order valence-electron chi connectivity index (χ0n) is 14.2. The average molecular weight is 394 g/mol. The van der Waals surface area contributed by atoms with Gasteiger partial charge in [-0.1, -0.05) is 11.6 Å². The van der Waals surface area contributed by atoms with Crippen molar-refractivity contribution in [2.75, 3.05) is 10.6 Å². The first-order valence-corrected chi connectivity index (χ1v) is 8.31. The number of hydrogen-bond donors (Lipinski definition) is 2. The molecular formula is C18H15ClF3N5. The Hall–Kier alpha value is -2.87. The number of aromatic nitrogens is 3. The normalized spacial score (nSPS) is 11.3. The number of anilines is 3. The minimum atomic E-state index is -4.54. The summed E-state index contributed by atoms with van der Waals surface area (Å²) in [5, 5.41) is 5.76. The van der Waals surface area contributed by atoms with E-state index in [2.05, 4.69) is 25.6 Å². The Labute approximate surface area is 158 Å². The van der Waals surface area contributed by atoms with Gasteiger partial charge in [0.2, 0.25) is 5.95 Å². The number of pyridine rings is 1. The van der Waals surface area contributed by atoms with Gasteiger partial charge in [-0.05, 0) is 42.8 Å². The van der Waals surface area contributed by atoms with Crippen LogP contribution in [0.5, 0.6) is 0 Å². The van der Waals surface area contributed by atoms with Crippen molar-refractivity contribution < 1.29 is 13.2 Å². The highest BCUT2D eigenvalue weighted by molar-refractivity contribution is 6.30. The zero-order valence-corrected chi connectivity index (χ0v) is 14.9. The van der Waals surface area contributed by atoms with Gasteiger partial charge < -0.3 is 10.6 Å². The summed E-state index contributed by atoms with van der Waals surface area (Å²) >= 11 is 5.71. The second-order valence-electron chi connectivity index (χ2n) is 5.74. The second kappa shape index (κ2) is 7.79. The third-order valence-electron chi connectivity index (χ3n) is 3.60. The van der Waals surface area contributed by atoms with Crippen molar-refractivity contribution in [1.29, 1.82) is 0 Å². The molecule has 2 heterocycles. The Bertz CT molecular complexity index is 932. The molecule has 27 heavy (non-hydrogen) atoms. The van der Waals surface area contributed by atoms with E-state index in [1.165, 1.54) is 12.1 Å². The number of benzene rings is 1. The molecule has 0 aliphatic heterocycles. The first-order chi connectivity index (χ1) is 12.8. The van der Waals surface area contributed by atoms with Gasteiger partial charge in [0.25, 0.3) is 0 Å². The van der Waals surface area contributed by atoms with Crippen molar-refractivity contribution in [1.82, 2.24) is 15.0 Å². The number of hydrogen-bond acceptors (Lipinski definition) is 5. The molecule has 2 aromatic heterocycles. The molecule has 0 spiro atoms. The van der Waals surface area contributed by atoms with Crippen molar-refractivity contribution in [2.24, 2.45) is 0 Å².